The first-order valence-corrected chi connectivity index (χ1v) is 8.87. The van der Waals surface area contributed by atoms with Gasteiger partial charge in [-0.1, -0.05) is 12.1 Å². The lowest BCUT2D eigenvalue weighted by Gasteiger charge is -2.37. The molecule has 9 heteroatoms. The smallest absolute Gasteiger partial charge is 0.240 e. The Morgan fingerprint density at radius 1 is 1.04 bits per heavy atom. The predicted octanol–water partition coefficient (Wildman–Crippen LogP) is 0.322. The third-order valence-electron chi connectivity index (χ3n) is 3.87. The first-order valence-electron chi connectivity index (χ1n) is 7.33. The van der Waals surface area contributed by atoms with Crippen LogP contribution in [0.4, 0.5) is 11.5 Å². The van der Waals surface area contributed by atoms with Gasteiger partial charge in [-0.15, -0.1) is 0 Å². The zero-order chi connectivity index (χ0) is 17.2. The number of piperazine rings is 1. The van der Waals surface area contributed by atoms with Crippen molar-refractivity contribution in [3.8, 4) is 6.07 Å². The van der Waals surface area contributed by atoms with Crippen LogP contribution < -0.4 is 14.9 Å². The summed E-state index contributed by atoms with van der Waals surface area (Å²) in [6, 6.07) is 8.67. The van der Waals surface area contributed by atoms with Crippen molar-refractivity contribution in [2.45, 2.75) is 4.90 Å². The quantitative estimate of drug-likeness (QED) is 0.852. The van der Waals surface area contributed by atoms with Gasteiger partial charge in [-0.25, -0.2) is 23.5 Å². The van der Waals surface area contributed by atoms with Gasteiger partial charge in [-0.3, -0.25) is 0 Å². The molecule has 2 N–H and O–H groups in total. The van der Waals surface area contributed by atoms with Crippen molar-refractivity contribution in [2.24, 2.45) is 5.14 Å². The van der Waals surface area contributed by atoms with E-state index in [4.69, 9.17) is 10.4 Å². The molecule has 8 nitrogen and oxygen atoms in total. The Balaban J connectivity index is 1.75. The maximum Gasteiger partial charge on any atom is 0.240 e. The maximum atomic E-state index is 11.7. The SMILES string of the molecule is N#Cc1cnc(N2CCN(c3ccccc3S(N)(=O)=O)CC2)cn1. The van der Waals surface area contributed by atoms with E-state index >= 15 is 0 Å². The Labute approximate surface area is 140 Å². The van der Waals surface area contributed by atoms with Gasteiger partial charge in [0.2, 0.25) is 10.0 Å². The van der Waals surface area contributed by atoms with E-state index in [1.165, 1.54) is 12.3 Å². The van der Waals surface area contributed by atoms with Crippen LogP contribution in [0, 0.1) is 11.3 Å². The van der Waals surface area contributed by atoms with Crippen LogP contribution in [0.2, 0.25) is 0 Å². The van der Waals surface area contributed by atoms with Gasteiger partial charge in [-0.05, 0) is 12.1 Å². The molecule has 1 aliphatic heterocycles. The molecule has 0 unspecified atom stereocenters. The molecule has 1 aliphatic rings. The van der Waals surface area contributed by atoms with Gasteiger partial charge in [0.25, 0.3) is 0 Å². The Kier molecular flexibility index (Phi) is 4.33. The van der Waals surface area contributed by atoms with Gasteiger partial charge in [0.1, 0.15) is 16.8 Å². The molecule has 0 bridgehead atoms. The summed E-state index contributed by atoms with van der Waals surface area (Å²) in [5, 5.41) is 14.1. The highest BCUT2D eigenvalue weighted by molar-refractivity contribution is 7.89. The zero-order valence-corrected chi connectivity index (χ0v) is 13.6. The Hall–Kier alpha value is -2.70. The Morgan fingerprint density at radius 2 is 1.71 bits per heavy atom. The Morgan fingerprint density at radius 3 is 2.29 bits per heavy atom. The van der Waals surface area contributed by atoms with Gasteiger partial charge < -0.3 is 9.80 Å². The molecule has 2 aromatic rings. The summed E-state index contributed by atoms with van der Waals surface area (Å²) in [5.74, 6) is 0.702. The lowest BCUT2D eigenvalue weighted by atomic mass is 10.2. The summed E-state index contributed by atoms with van der Waals surface area (Å²) in [6.07, 6.45) is 3.02. The first-order chi connectivity index (χ1) is 11.5. The molecular formula is C15H16N6O2S. The fourth-order valence-electron chi connectivity index (χ4n) is 2.68. The molecule has 1 saturated heterocycles. The summed E-state index contributed by atoms with van der Waals surface area (Å²) < 4.78 is 23.5. The number of benzene rings is 1. The van der Waals surface area contributed by atoms with E-state index in [2.05, 4.69) is 9.97 Å². The maximum absolute atomic E-state index is 11.7. The molecule has 1 aromatic carbocycles. The van der Waals surface area contributed by atoms with Gasteiger partial charge >= 0.3 is 0 Å². The van der Waals surface area contributed by atoms with Crippen molar-refractivity contribution >= 4 is 21.5 Å². The van der Waals surface area contributed by atoms with E-state index in [-0.39, 0.29) is 10.6 Å². The highest BCUT2D eigenvalue weighted by Crippen LogP contribution is 2.25. The predicted molar refractivity (Wildman–Crippen MR) is 89.0 cm³/mol. The molecular weight excluding hydrogens is 328 g/mol. The molecule has 0 aliphatic carbocycles. The van der Waals surface area contributed by atoms with Crippen LogP contribution in [-0.4, -0.2) is 44.6 Å². The van der Waals surface area contributed by atoms with Crippen LogP contribution in [0.15, 0.2) is 41.6 Å². The molecule has 0 amide bonds. The van der Waals surface area contributed by atoms with E-state index in [9.17, 15) is 8.42 Å². The van der Waals surface area contributed by atoms with Gasteiger partial charge in [0.15, 0.2) is 5.69 Å². The van der Waals surface area contributed by atoms with Crippen LogP contribution in [0.25, 0.3) is 0 Å². The molecule has 1 aromatic heterocycles. The number of rotatable bonds is 3. The van der Waals surface area contributed by atoms with Gasteiger partial charge in [0.05, 0.1) is 18.1 Å². The lowest BCUT2D eigenvalue weighted by molar-refractivity contribution is 0.595. The van der Waals surface area contributed by atoms with Gasteiger partial charge in [0, 0.05) is 26.2 Å². The minimum absolute atomic E-state index is 0.136. The molecule has 0 spiro atoms. The number of primary sulfonamides is 1. The fourth-order valence-corrected chi connectivity index (χ4v) is 3.43. The first kappa shape index (κ1) is 16.2. The number of hydrogen-bond donors (Lipinski definition) is 1. The van der Waals surface area contributed by atoms with Crippen molar-refractivity contribution in [1.82, 2.24) is 9.97 Å². The Bertz CT molecular complexity index is 868. The number of hydrogen-bond acceptors (Lipinski definition) is 7. The van der Waals surface area contributed by atoms with E-state index in [0.717, 1.165) is 0 Å². The van der Waals surface area contributed by atoms with Crippen LogP contribution in [0.5, 0.6) is 0 Å². The van der Waals surface area contributed by atoms with Crippen LogP contribution >= 0.6 is 0 Å². The monoisotopic (exact) mass is 344 g/mol. The number of aromatic nitrogens is 2. The molecule has 124 valence electrons. The summed E-state index contributed by atoms with van der Waals surface area (Å²) in [6.45, 7) is 2.60. The number of nitrogens with zero attached hydrogens (tertiary/aromatic N) is 5. The summed E-state index contributed by atoms with van der Waals surface area (Å²) in [7, 11) is -3.76. The van der Waals surface area contributed by atoms with Crippen molar-refractivity contribution in [1.29, 1.82) is 5.26 Å². The third kappa shape index (κ3) is 3.29. The average Bonchev–Trinajstić information content (AvgIpc) is 2.61. The van der Waals surface area contributed by atoms with E-state index in [1.807, 2.05) is 15.9 Å². The van der Waals surface area contributed by atoms with Crippen molar-refractivity contribution in [2.75, 3.05) is 36.0 Å². The molecule has 2 heterocycles. The number of para-hydroxylation sites is 1. The lowest BCUT2D eigenvalue weighted by Crippen LogP contribution is -2.47. The van der Waals surface area contributed by atoms with E-state index in [0.29, 0.717) is 37.7 Å². The van der Waals surface area contributed by atoms with Crippen molar-refractivity contribution in [3.63, 3.8) is 0 Å². The summed E-state index contributed by atoms with van der Waals surface area (Å²) in [5.41, 5.74) is 0.894. The highest BCUT2D eigenvalue weighted by atomic mass is 32.2. The minimum Gasteiger partial charge on any atom is -0.367 e. The second-order valence-corrected chi connectivity index (χ2v) is 6.89. The largest absolute Gasteiger partial charge is 0.367 e. The van der Waals surface area contributed by atoms with Crippen LogP contribution in [0.3, 0.4) is 0 Å². The number of sulfonamides is 1. The van der Waals surface area contributed by atoms with Crippen LogP contribution in [-0.2, 0) is 10.0 Å². The second kappa shape index (κ2) is 6.43. The van der Waals surface area contributed by atoms with Crippen LogP contribution in [0.1, 0.15) is 5.69 Å². The van der Waals surface area contributed by atoms with Crippen molar-refractivity contribution in [3.05, 3.63) is 42.4 Å². The van der Waals surface area contributed by atoms with Gasteiger partial charge in [-0.2, -0.15) is 5.26 Å². The zero-order valence-electron chi connectivity index (χ0n) is 12.8. The summed E-state index contributed by atoms with van der Waals surface area (Å²) >= 11 is 0. The summed E-state index contributed by atoms with van der Waals surface area (Å²) in [4.78, 5) is 12.4. The molecule has 3 rings (SSSR count). The van der Waals surface area contributed by atoms with E-state index in [1.54, 1.807) is 24.4 Å². The highest BCUT2D eigenvalue weighted by Gasteiger charge is 2.23. The normalized spacial score (nSPS) is 15.2. The standard InChI is InChI=1S/C15H16N6O2S/c16-9-12-10-19-15(11-18-12)21-7-5-20(6-8-21)13-3-1-2-4-14(13)24(17,22)23/h1-4,10-11H,5-8H2,(H2,17,22,23). The van der Waals surface area contributed by atoms with Crippen molar-refractivity contribution < 1.29 is 8.42 Å². The molecule has 0 saturated carbocycles. The second-order valence-electron chi connectivity index (χ2n) is 5.36. The number of nitriles is 1. The molecule has 0 radical (unpaired) electrons. The number of anilines is 2. The van der Waals surface area contributed by atoms with E-state index < -0.39 is 10.0 Å². The molecule has 24 heavy (non-hydrogen) atoms. The fraction of sp³-hybridized carbons (Fsp3) is 0.267. The third-order valence-corrected chi connectivity index (χ3v) is 4.83. The average molecular weight is 344 g/mol. The minimum atomic E-state index is -3.76. The number of nitrogens with two attached hydrogens (primary N) is 1. The molecule has 0 atom stereocenters. The topological polar surface area (TPSA) is 116 Å². The molecule has 1 fully saturated rings.